The van der Waals surface area contributed by atoms with Gasteiger partial charge in [0.25, 0.3) is 0 Å². The van der Waals surface area contributed by atoms with Gasteiger partial charge >= 0.3 is 0 Å². The smallest absolute Gasteiger partial charge is 0.114 e. The van der Waals surface area contributed by atoms with Crippen LogP contribution in [0.5, 0.6) is 0 Å². The van der Waals surface area contributed by atoms with Crippen LogP contribution in [0.3, 0.4) is 0 Å². The zero-order valence-electron chi connectivity index (χ0n) is 17.2. The molecule has 1 aliphatic heterocycles. The zero-order valence-corrected chi connectivity index (χ0v) is 17.2. The van der Waals surface area contributed by atoms with E-state index in [-0.39, 0.29) is 13.2 Å². The Labute approximate surface area is 165 Å². The molecule has 5 heteroatoms. The third-order valence-electron chi connectivity index (χ3n) is 5.22. The fourth-order valence-corrected chi connectivity index (χ4v) is 3.44. The van der Waals surface area contributed by atoms with Crippen LogP contribution in [0.2, 0.25) is 0 Å². The molecule has 1 fully saturated rings. The molecule has 0 unspecified atom stereocenters. The van der Waals surface area contributed by atoms with Crippen molar-refractivity contribution in [3.63, 3.8) is 0 Å². The molecule has 1 heterocycles. The highest BCUT2D eigenvalue weighted by atomic mass is 16.6. The van der Waals surface area contributed by atoms with Crippen molar-refractivity contribution in [2.75, 3.05) is 19.8 Å². The van der Waals surface area contributed by atoms with Crippen LogP contribution in [0.1, 0.15) is 84.0 Å². The van der Waals surface area contributed by atoms with Gasteiger partial charge in [-0.2, -0.15) is 0 Å². The van der Waals surface area contributed by atoms with Crippen LogP contribution in [-0.2, 0) is 9.47 Å². The second kappa shape index (κ2) is 16.5. The highest BCUT2D eigenvalue weighted by Gasteiger charge is 2.40. The Morgan fingerprint density at radius 2 is 1.52 bits per heavy atom. The fraction of sp³-hybridized carbons (Fsp3) is 0.909. The number of aliphatic hydroxyl groups excluding tert-OH is 3. The van der Waals surface area contributed by atoms with Gasteiger partial charge in [-0.25, -0.2) is 0 Å². The summed E-state index contributed by atoms with van der Waals surface area (Å²) in [6, 6.07) is 0. The lowest BCUT2D eigenvalue weighted by Gasteiger charge is -2.24. The van der Waals surface area contributed by atoms with Crippen LogP contribution in [0.25, 0.3) is 0 Å². The standard InChI is InChI=1S/C22H42O5/c1-2-3-4-5-6-7-8-9-10-11-12-13-14-15-16-26-20(17-23)22-21(25)19(24)18-27-22/h11-12,19-25H,2-10,13-18H2,1H3/b12-11+/t19-,20+,21+,22+/m0/s1. The van der Waals surface area contributed by atoms with Crippen LogP contribution < -0.4 is 0 Å². The van der Waals surface area contributed by atoms with Gasteiger partial charge in [0.1, 0.15) is 24.4 Å². The lowest BCUT2D eigenvalue weighted by Crippen LogP contribution is -2.42. The maximum Gasteiger partial charge on any atom is 0.114 e. The number of hydrogen-bond acceptors (Lipinski definition) is 5. The highest BCUT2D eigenvalue weighted by Crippen LogP contribution is 2.19. The molecular weight excluding hydrogens is 344 g/mol. The average Bonchev–Trinajstić information content (AvgIpc) is 3.00. The number of hydrogen-bond donors (Lipinski definition) is 3. The Morgan fingerprint density at radius 3 is 2.07 bits per heavy atom. The second-order valence-electron chi connectivity index (χ2n) is 7.68. The second-order valence-corrected chi connectivity index (χ2v) is 7.68. The molecule has 5 nitrogen and oxygen atoms in total. The fourth-order valence-electron chi connectivity index (χ4n) is 3.44. The highest BCUT2D eigenvalue weighted by molar-refractivity contribution is 4.88. The largest absolute Gasteiger partial charge is 0.394 e. The van der Waals surface area contributed by atoms with Crippen molar-refractivity contribution >= 4 is 0 Å². The normalized spacial score (nSPS) is 24.1. The quantitative estimate of drug-likeness (QED) is 0.262. The van der Waals surface area contributed by atoms with Crippen LogP contribution in [0.15, 0.2) is 12.2 Å². The van der Waals surface area contributed by atoms with Crippen molar-refractivity contribution in [2.24, 2.45) is 0 Å². The van der Waals surface area contributed by atoms with E-state index in [0.717, 1.165) is 19.3 Å². The van der Waals surface area contributed by atoms with Gasteiger partial charge in [-0.05, 0) is 32.1 Å². The first-order valence-corrected chi connectivity index (χ1v) is 11.1. The van der Waals surface area contributed by atoms with Crippen molar-refractivity contribution in [3.8, 4) is 0 Å². The summed E-state index contributed by atoms with van der Waals surface area (Å²) in [6.45, 7) is 2.66. The minimum absolute atomic E-state index is 0.0926. The molecule has 0 aromatic rings. The summed E-state index contributed by atoms with van der Waals surface area (Å²) in [5.41, 5.74) is 0. The van der Waals surface area contributed by atoms with E-state index in [1.165, 1.54) is 57.8 Å². The molecule has 27 heavy (non-hydrogen) atoms. The van der Waals surface area contributed by atoms with E-state index in [4.69, 9.17) is 9.47 Å². The van der Waals surface area contributed by atoms with Crippen LogP contribution >= 0.6 is 0 Å². The van der Waals surface area contributed by atoms with Crippen molar-refractivity contribution < 1.29 is 24.8 Å². The summed E-state index contributed by atoms with van der Waals surface area (Å²) in [4.78, 5) is 0. The number of aliphatic hydroxyl groups is 3. The number of ether oxygens (including phenoxy) is 2. The first-order chi connectivity index (χ1) is 13.2. The molecule has 160 valence electrons. The Morgan fingerprint density at radius 1 is 0.926 bits per heavy atom. The molecule has 0 aromatic heterocycles. The van der Waals surface area contributed by atoms with E-state index < -0.39 is 24.4 Å². The van der Waals surface area contributed by atoms with E-state index in [2.05, 4.69) is 19.1 Å². The first kappa shape index (κ1) is 24.6. The maximum absolute atomic E-state index is 9.81. The molecule has 0 bridgehead atoms. The minimum Gasteiger partial charge on any atom is -0.394 e. The topological polar surface area (TPSA) is 79.2 Å². The van der Waals surface area contributed by atoms with Gasteiger partial charge in [0.15, 0.2) is 0 Å². The summed E-state index contributed by atoms with van der Waals surface area (Å²) < 4.78 is 10.9. The van der Waals surface area contributed by atoms with E-state index in [9.17, 15) is 15.3 Å². The van der Waals surface area contributed by atoms with Crippen LogP contribution in [0, 0.1) is 0 Å². The van der Waals surface area contributed by atoms with Crippen LogP contribution in [-0.4, -0.2) is 59.6 Å². The molecule has 0 spiro atoms. The van der Waals surface area contributed by atoms with Gasteiger partial charge in [-0.15, -0.1) is 0 Å². The maximum atomic E-state index is 9.81. The summed E-state index contributed by atoms with van der Waals surface area (Å²) >= 11 is 0. The van der Waals surface area contributed by atoms with E-state index in [1.807, 2.05) is 0 Å². The van der Waals surface area contributed by atoms with Gasteiger partial charge in [0.2, 0.25) is 0 Å². The van der Waals surface area contributed by atoms with Crippen molar-refractivity contribution in [3.05, 3.63) is 12.2 Å². The summed E-state index contributed by atoms with van der Waals surface area (Å²) in [5, 5.41) is 28.7. The molecule has 1 saturated heterocycles. The minimum atomic E-state index is -0.985. The van der Waals surface area contributed by atoms with E-state index in [1.54, 1.807) is 0 Å². The van der Waals surface area contributed by atoms with Gasteiger partial charge < -0.3 is 24.8 Å². The first-order valence-electron chi connectivity index (χ1n) is 11.1. The Bertz CT molecular complexity index is 361. The van der Waals surface area contributed by atoms with Gasteiger partial charge in [0, 0.05) is 6.61 Å². The molecule has 0 aromatic carbocycles. The average molecular weight is 387 g/mol. The lowest BCUT2D eigenvalue weighted by atomic mass is 10.1. The molecule has 1 rings (SSSR count). The lowest BCUT2D eigenvalue weighted by molar-refractivity contribution is -0.101. The Balaban J connectivity index is 1.91. The van der Waals surface area contributed by atoms with Crippen LogP contribution in [0.4, 0.5) is 0 Å². The SMILES string of the molecule is CCCCCCCCCC/C=C/CCCCO[C@H](CO)[C@H]1OC[C@H](O)[C@H]1O. The van der Waals surface area contributed by atoms with Crippen molar-refractivity contribution in [2.45, 2.75) is 108 Å². The molecule has 0 amide bonds. The van der Waals surface area contributed by atoms with Crippen molar-refractivity contribution in [1.29, 1.82) is 0 Å². The third kappa shape index (κ3) is 11.2. The van der Waals surface area contributed by atoms with Gasteiger partial charge in [0.05, 0.1) is 13.2 Å². The predicted molar refractivity (Wildman–Crippen MR) is 109 cm³/mol. The summed E-state index contributed by atoms with van der Waals surface area (Å²) in [7, 11) is 0. The van der Waals surface area contributed by atoms with E-state index >= 15 is 0 Å². The summed E-state index contributed by atoms with van der Waals surface area (Å²) in [5.74, 6) is 0. The number of unbranched alkanes of at least 4 members (excludes halogenated alkanes) is 10. The Hall–Kier alpha value is -0.460. The summed E-state index contributed by atoms with van der Waals surface area (Å²) in [6.07, 6.45) is 16.5. The molecule has 0 aliphatic carbocycles. The molecule has 0 saturated carbocycles. The molecular formula is C22H42O5. The van der Waals surface area contributed by atoms with Gasteiger partial charge in [-0.3, -0.25) is 0 Å². The zero-order chi connectivity index (χ0) is 19.7. The predicted octanol–water partition coefficient (Wildman–Crippen LogP) is 3.74. The molecule has 0 radical (unpaired) electrons. The molecule has 3 N–H and O–H groups in total. The number of rotatable bonds is 17. The van der Waals surface area contributed by atoms with E-state index in [0.29, 0.717) is 6.61 Å². The monoisotopic (exact) mass is 386 g/mol. The third-order valence-corrected chi connectivity index (χ3v) is 5.22. The van der Waals surface area contributed by atoms with Crippen molar-refractivity contribution in [1.82, 2.24) is 0 Å². The Kier molecular flexibility index (Phi) is 15.0. The number of allylic oxidation sites excluding steroid dienone is 2. The van der Waals surface area contributed by atoms with Gasteiger partial charge in [-0.1, -0.05) is 64.0 Å². The molecule has 4 atom stereocenters. The molecule has 1 aliphatic rings.